The molecule has 3 aromatic carbocycles. The zero-order valence-corrected chi connectivity index (χ0v) is 38.1. The number of aromatic nitrogens is 4. The lowest BCUT2D eigenvalue weighted by Crippen LogP contribution is -2.39. The second-order valence-electron chi connectivity index (χ2n) is 16.3. The molecule has 2 aliphatic rings. The molecule has 0 spiro atoms. The molecule has 5 aromatic rings. The smallest absolute Gasteiger partial charge is 0.405 e. The molecule has 7 atom stereocenters. The van der Waals surface area contributed by atoms with Gasteiger partial charge in [0.1, 0.15) is 47.9 Å². The summed E-state index contributed by atoms with van der Waals surface area (Å²) in [6.45, 7) is 3.15. The van der Waals surface area contributed by atoms with E-state index in [9.17, 15) is 24.3 Å². The van der Waals surface area contributed by atoms with Crippen LogP contribution in [0.25, 0.3) is 0 Å². The Morgan fingerprint density at radius 2 is 1.27 bits per heavy atom. The number of aromatic amines is 2. The molecule has 0 saturated carbocycles. The third kappa shape index (κ3) is 10.9. The fourth-order valence-corrected chi connectivity index (χ4v) is 9.75. The van der Waals surface area contributed by atoms with Crippen molar-refractivity contribution >= 4 is 7.75 Å². The van der Waals surface area contributed by atoms with Crippen LogP contribution in [0.5, 0.6) is 11.5 Å². The van der Waals surface area contributed by atoms with Gasteiger partial charge in [0, 0.05) is 42.9 Å². The largest absolute Gasteiger partial charge is 0.497 e. The minimum Gasteiger partial charge on any atom is -0.497 e. The summed E-state index contributed by atoms with van der Waals surface area (Å²) in [7, 11) is -1.19. The van der Waals surface area contributed by atoms with Crippen LogP contribution in [0.3, 0.4) is 0 Å². The average molecular weight is 933 g/mol. The second-order valence-corrected chi connectivity index (χ2v) is 18.0. The number of rotatable bonds is 21. The molecular formula is C46H57N6O13P. The SMILES string of the molecule is COc1ccc(C(OC[C@H]2O[C@@H](n3cc(C)c(=O)[nH]c3=O)C[C@@H]2O[P@](=O)(NCCCCCN)OC[C@H]2O[C@@H](n3cc(C)c(=O)[nH]c3=O)C[C@@H]2O)(c2ccccc2)c2ccc(OC)cc2)cc1. The number of aliphatic hydroxyl groups excluding tert-OH is 1. The Morgan fingerprint density at radius 1 is 0.742 bits per heavy atom. The van der Waals surface area contributed by atoms with E-state index < -0.39 is 79.3 Å². The minimum absolute atomic E-state index is 0.0203. The van der Waals surface area contributed by atoms with Gasteiger partial charge in [-0.2, -0.15) is 0 Å². The van der Waals surface area contributed by atoms with Crippen LogP contribution in [0.4, 0.5) is 0 Å². The Bertz CT molecular complexity index is 2640. The van der Waals surface area contributed by atoms with E-state index in [0.29, 0.717) is 24.5 Å². The fourth-order valence-electron chi connectivity index (χ4n) is 8.17. The summed E-state index contributed by atoms with van der Waals surface area (Å²) in [6, 6.07) is 24.5. The minimum atomic E-state index is -4.35. The van der Waals surface area contributed by atoms with Crippen LogP contribution in [0, 0.1) is 13.8 Å². The van der Waals surface area contributed by atoms with Gasteiger partial charge in [0.25, 0.3) is 11.1 Å². The number of H-pyrrole nitrogens is 2. The van der Waals surface area contributed by atoms with Crippen LogP contribution in [0.1, 0.15) is 72.4 Å². The highest BCUT2D eigenvalue weighted by Crippen LogP contribution is 2.50. The van der Waals surface area contributed by atoms with Crippen LogP contribution >= 0.6 is 7.75 Å². The third-order valence-corrected chi connectivity index (χ3v) is 13.5. The molecule has 66 heavy (non-hydrogen) atoms. The highest BCUT2D eigenvalue weighted by Gasteiger charge is 2.46. The van der Waals surface area contributed by atoms with Crippen molar-refractivity contribution in [2.75, 3.05) is 40.5 Å². The Hall–Kier alpha value is -5.47. The van der Waals surface area contributed by atoms with Crippen LogP contribution < -0.4 is 42.8 Å². The summed E-state index contributed by atoms with van der Waals surface area (Å²) in [5.74, 6) is 1.26. The van der Waals surface area contributed by atoms with Crippen LogP contribution in [0.15, 0.2) is 110 Å². The molecule has 0 aliphatic carbocycles. The Balaban J connectivity index is 1.23. The third-order valence-electron chi connectivity index (χ3n) is 11.8. The van der Waals surface area contributed by atoms with Gasteiger partial charge in [0.05, 0.1) is 33.5 Å². The Kier molecular flexibility index (Phi) is 15.7. The van der Waals surface area contributed by atoms with E-state index in [2.05, 4.69) is 15.1 Å². The normalized spacial score (nSPS) is 21.7. The van der Waals surface area contributed by atoms with Gasteiger partial charge in [-0.05, 0) is 74.2 Å². The number of methoxy groups -OCH3 is 2. The number of unbranched alkanes of at least 4 members (excludes halogenated alkanes) is 2. The summed E-state index contributed by atoms with van der Waals surface area (Å²) in [4.78, 5) is 55.0. The van der Waals surface area contributed by atoms with E-state index in [1.54, 1.807) is 21.1 Å². The van der Waals surface area contributed by atoms with E-state index in [1.165, 1.54) is 28.5 Å². The van der Waals surface area contributed by atoms with E-state index in [-0.39, 0.29) is 37.1 Å². The van der Waals surface area contributed by atoms with Crippen molar-refractivity contribution in [2.45, 2.75) is 88.4 Å². The molecule has 20 heteroatoms. The molecule has 6 N–H and O–H groups in total. The first kappa shape index (κ1) is 48.5. The maximum absolute atomic E-state index is 15.0. The zero-order chi connectivity index (χ0) is 47.0. The number of ether oxygens (including phenoxy) is 5. The molecule has 0 amide bonds. The van der Waals surface area contributed by atoms with Gasteiger partial charge in [-0.25, -0.2) is 19.2 Å². The van der Waals surface area contributed by atoms with Crippen molar-refractivity contribution < 1.29 is 42.4 Å². The van der Waals surface area contributed by atoms with E-state index in [1.807, 2.05) is 78.9 Å². The molecule has 0 radical (unpaired) electrons. The second kappa shape index (κ2) is 21.4. The van der Waals surface area contributed by atoms with Crippen LogP contribution in [0.2, 0.25) is 0 Å². The van der Waals surface area contributed by atoms with Gasteiger partial charge in [0.2, 0.25) is 0 Å². The Morgan fingerprint density at radius 3 is 1.82 bits per heavy atom. The highest BCUT2D eigenvalue weighted by atomic mass is 31.2. The number of nitrogens with one attached hydrogen (secondary N) is 3. The maximum Gasteiger partial charge on any atom is 0.405 e. The monoisotopic (exact) mass is 932 g/mol. The summed E-state index contributed by atoms with van der Waals surface area (Å²) >= 11 is 0. The molecule has 2 fully saturated rings. The van der Waals surface area contributed by atoms with E-state index in [4.69, 9.17) is 38.5 Å². The zero-order valence-electron chi connectivity index (χ0n) is 37.3. The van der Waals surface area contributed by atoms with Crippen molar-refractivity contribution in [1.82, 2.24) is 24.2 Å². The number of nitrogens with zero attached hydrogens (tertiary/aromatic N) is 2. The van der Waals surface area contributed by atoms with Gasteiger partial charge >= 0.3 is 19.1 Å². The van der Waals surface area contributed by atoms with Gasteiger partial charge in [0.15, 0.2) is 0 Å². The standard InChI is InChI=1S/C46H57N6O13P/c1-29-25-51(44(56)49-42(29)54)40-23-36(53)38(63-40)28-62-66(58,48-22-10-6-9-21-47)65-37-24-41(52-26-30(2)43(55)50-45(52)57)64-39(37)27-61-46(31-11-7-5-8-12-31,32-13-17-34(59-3)18-14-32)33-15-19-35(60-4)20-16-33/h5,7-8,11-20,25-26,36-41,53H,6,9-10,21-24,27-28,47H2,1-4H3,(H,48,58)(H,49,54,56)(H,50,55,57)/t36-,37-,38+,39+,40+,41+,66-/m0/s1. The lowest BCUT2D eigenvalue weighted by atomic mass is 9.80. The molecule has 0 bridgehead atoms. The van der Waals surface area contributed by atoms with Crippen molar-refractivity contribution in [3.63, 3.8) is 0 Å². The number of hydrogen-bond acceptors (Lipinski definition) is 14. The molecule has 2 aliphatic heterocycles. The van der Waals surface area contributed by atoms with Crippen LogP contribution in [-0.2, 0) is 33.4 Å². The quantitative estimate of drug-likeness (QED) is 0.0398. The molecule has 2 saturated heterocycles. The lowest BCUT2D eigenvalue weighted by Gasteiger charge is -2.37. The first-order chi connectivity index (χ1) is 31.8. The van der Waals surface area contributed by atoms with Crippen LogP contribution in [-0.4, -0.2) is 89.1 Å². The molecule has 7 rings (SSSR count). The number of hydrogen-bond donors (Lipinski definition) is 5. The lowest BCUT2D eigenvalue weighted by molar-refractivity contribution is -0.0937. The summed E-state index contributed by atoms with van der Waals surface area (Å²) in [5, 5.41) is 14.0. The van der Waals surface area contributed by atoms with Crippen molar-refractivity contribution in [1.29, 1.82) is 0 Å². The predicted octanol–water partition coefficient (Wildman–Crippen LogP) is 3.89. The van der Waals surface area contributed by atoms with Crippen molar-refractivity contribution in [3.05, 3.63) is 161 Å². The molecule has 2 aromatic heterocycles. The number of aliphatic hydroxyl groups is 1. The number of nitrogens with two attached hydrogens (primary N) is 1. The number of benzene rings is 3. The number of aryl methyl sites for hydroxylation is 2. The average Bonchev–Trinajstić information content (AvgIpc) is 3.90. The Labute approximate surface area is 380 Å². The predicted molar refractivity (Wildman–Crippen MR) is 243 cm³/mol. The topological polar surface area (TPSA) is 250 Å². The van der Waals surface area contributed by atoms with E-state index in [0.717, 1.165) is 29.5 Å². The highest BCUT2D eigenvalue weighted by molar-refractivity contribution is 7.51. The molecule has 19 nitrogen and oxygen atoms in total. The van der Waals surface area contributed by atoms with Gasteiger partial charge in [-0.1, -0.05) is 61.0 Å². The van der Waals surface area contributed by atoms with Gasteiger partial charge in [-0.3, -0.25) is 37.7 Å². The van der Waals surface area contributed by atoms with Crippen molar-refractivity contribution in [3.8, 4) is 11.5 Å². The molecular weight excluding hydrogens is 876 g/mol. The molecule has 0 unspecified atom stereocenters. The van der Waals surface area contributed by atoms with Gasteiger partial charge < -0.3 is 34.5 Å². The van der Waals surface area contributed by atoms with E-state index >= 15 is 4.57 Å². The first-order valence-electron chi connectivity index (χ1n) is 21.8. The molecule has 354 valence electrons. The van der Waals surface area contributed by atoms with Crippen molar-refractivity contribution in [2.24, 2.45) is 5.73 Å². The summed E-state index contributed by atoms with van der Waals surface area (Å²) in [5.41, 5.74) is 4.68. The summed E-state index contributed by atoms with van der Waals surface area (Å²) in [6.07, 6.45) is -1.55. The van der Waals surface area contributed by atoms with Gasteiger partial charge in [-0.15, -0.1) is 0 Å². The maximum atomic E-state index is 15.0. The first-order valence-corrected chi connectivity index (χ1v) is 23.3. The molecule has 4 heterocycles. The fraction of sp³-hybridized carbons (Fsp3) is 0.435. The summed E-state index contributed by atoms with van der Waals surface area (Å²) < 4.78 is 60.9.